The van der Waals surface area contributed by atoms with Gasteiger partial charge in [0, 0.05) is 25.8 Å². The minimum Gasteiger partial charge on any atom is -0.504 e. The number of amides is 1. The Hall–Kier alpha value is -4.20. The van der Waals surface area contributed by atoms with Gasteiger partial charge in [-0.05, 0) is 47.4 Å². The Bertz CT molecular complexity index is 1450. The van der Waals surface area contributed by atoms with Gasteiger partial charge in [0.2, 0.25) is 0 Å². The standard InChI is InChI=1S/C27H25FN4O3/c1-2-18-5-7-20(8-6-18)17-35-30-26-22-4-3-13-29-23(22)25(33)24-27(34)31(14-15-32(24)26)16-19-9-11-21(28)12-10-19/h3-13,33H,2,14-17H2,1H3/b30-26-. The second-order valence-corrected chi connectivity index (χ2v) is 8.46. The zero-order valence-electron chi connectivity index (χ0n) is 19.3. The largest absolute Gasteiger partial charge is 0.504 e. The maximum Gasteiger partial charge on any atom is 0.274 e. The van der Waals surface area contributed by atoms with Gasteiger partial charge < -0.3 is 19.4 Å². The number of hydrogen-bond acceptors (Lipinski definition) is 5. The number of pyridine rings is 2. The second kappa shape index (κ2) is 9.58. The van der Waals surface area contributed by atoms with Crippen LogP contribution in [0.1, 0.15) is 34.1 Å². The number of hydrogen-bond donors (Lipinski definition) is 1. The first-order valence-electron chi connectivity index (χ1n) is 11.5. The molecule has 1 N–H and O–H groups in total. The maximum absolute atomic E-state index is 13.4. The van der Waals surface area contributed by atoms with Crippen molar-refractivity contribution in [2.45, 2.75) is 33.0 Å². The van der Waals surface area contributed by atoms with Crippen molar-refractivity contribution in [1.82, 2.24) is 14.5 Å². The first kappa shape index (κ1) is 22.6. The summed E-state index contributed by atoms with van der Waals surface area (Å²) >= 11 is 0. The van der Waals surface area contributed by atoms with E-state index in [0.717, 1.165) is 17.5 Å². The molecule has 7 nitrogen and oxygen atoms in total. The summed E-state index contributed by atoms with van der Waals surface area (Å²) in [6.07, 6.45) is 2.52. The molecule has 0 radical (unpaired) electrons. The Kier molecular flexibility index (Phi) is 6.18. The summed E-state index contributed by atoms with van der Waals surface area (Å²) in [5, 5.41) is 16.0. The zero-order valence-corrected chi connectivity index (χ0v) is 19.3. The molecule has 0 saturated heterocycles. The van der Waals surface area contributed by atoms with Gasteiger partial charge in [0.15, 0.2) is 16.9 Å². The molecule has 0 bridgehead atoms. The summed E-state index contributed by atoms with van der Waals surface area (Å²) in [7, 11) is 0. The average molecular weight is 473 g/mol. The Morgan fingerprint density at radius 3 is 2.49 bits per heavy atom. The average Bonchev–Trinajstić information content (AvgIpc) is 2.89. The van der Waals surface area contributed by atoms with Crippen LogP contribution in [0.2, 0.25) is 0 Å². The topological polar surface area (TPSA) is 80.0 Å². The van der Waals surface area contributed by atoms with Crippen LogP contribution in [0.5, 0.6) is 5.75 Å². The van der Waals surface area contributed by atoms with Gasteiger partial charge in [0.25, 0.3) is 5.91 Å². The van der Waals surface area contributed by atoms with Crippen molar-refractivity contribution in [3.63, 3.8) is 0 Å². The molecule has 3 heterocycles. The number of aryl methyl sites for hydroxylation is 1. The van der Waals surface area contributed by atoms with E-state index in [1.54, 1.807) is 39.9 Å². The van der Waals surface area contributed by atoms with E-state index in [1.807, 2.05) is 12.1 Å². The third-order valence-electron chi connectivity index (χ3n) is 6.21. The number of rotatable bonds is 6. The molecule has 0 fully saturated rings. The fourth-order valence-corrected chi connectivity index (χ4v) is 4.27. The summed E-state index contributed by atoms with van der Waals surface area (Å²) in [6, 6.07) is 17.7. The van der Waals surface area contributed by atoms with Gasteiger partial charge in [-0.2, -0.15) is 0 Å². The molecule has 0 aliphatic carbocycles. The highest BCUT2D eigenvalue weighted by Crippen LogP contribution is 2.28. The Labute approximate surface area is 201 Å². The molecule has 2 aromatic carbocycles. The number of nitrogens with zero attached hydrogens (tertiary/aromatic N) is 4. The van der Waals surface area contributed by atoms with Crippen LogP contribution in [0.15, 0.2) is 72.0 Å². The molecule has 5 rings (SSSR count). The number of carbonyl (C=O) groups excluding carboxylic acids is 1. The molecule has 1 amide bonds. The highest BCUT2D eigenvalue weighted by Gasteiger charge is 2.30. The molecular formula is C27H25FN4O3. The van der Waals surface area contributed by atoms with E-state index >= 15 is 0 Å². The van der Waals surface area contributed by atoms with Crippen LogP contribution in [0.3, 0.4) is 0 Å². The fourth-order valence-electron chi connectivity index (χ4n) is 4.27. The molecule has 4 aromatic rings. The number of fused-ring (bicyclic) bond motifs is 2. The highest BCUT2D eigenvalue weighted by molar-refractivity contribution is 6.01. The lowest BCUT2D eigenvalue weighted by Gasteiger charge is -2.31. The molecule has 0 spiro atoms. The van der Waals surface area contributed by atoms with E-state index in [-0.39, 0.29) is 35.3 Å². The van der Waals surface area contributed by atoms with E-state index in [2.05, 4.69) is 29.2 Å². The van der Waals surface area contributed by atoms with Gasteiger partial charge in [-0.3, -0.25) is 9.78 Å². The van der Waals surface area contributed by atoms with Gasteiger partial charge in [0.1, 0.15) is 17.9 Å². The lowest BCUT2D eigenvalue weighted by molar-refractivity contribution is 0.0675. The number of carbonyl (C=O) groups is 1. The van der Waals surface area contributed by atoms with E-state index in [9.17, 15) is 14.3 Å². The van der Waals surface area contributed by atoms with Gasteiger partial charge in [-0.15, -0.1) is 0 Å². The predicted molar refractivity (Wildman–Crippen MR) is 129 cm³/mol. The Morgan fingerprint density at radius 2 is 1.74 bits per heavy atom. The first-order valence-corrected chi connectivity index (χ1v) is 11.5. The monoisotopic (exact) mass is 472 g/mol. The SMILES string of the molecule is CCc1ccc(CO/N=c2/c3cccnc3c(O)c3n2CCN(Cc2ccc(F)cc2)C3=O)cc1. The van der Waals surface area contributed by atoms with E-state index in [4.69, 9.17) is 4.84 Å². The molecular weight excluding hydrogens is 447 g/mol. The fraction of sp³-hybridized carbons (Fsp3) is 0.222. The molecule has 1 aliphatic heterocycles. The van der Waals surface area contributed by atoms with Crippen LogP contribution >= 0.6 is 0 Å². The molecule has 0 unspecified atom stereocenters. The van der Waals surface area contributed by atoms with Crippen molar-refractivity contribution in [1.29, 1.82) is 0 Å². The van der Waals surface area contributed by atoms with Gasteiger partial charge in [0.05, 0.1) is 5.39 Å². The quantitative estimate of drug-likeness (QED) is 0.428. The third kappa shape index (κ3) is 4.47. The number of halogens is 1. The second-order valence-electron chi connectivity index (χ2n) is 8.46. The summed E-state index contributed by atoms with van der Waals surface area (Å²) < 4.78 is 15.0. The van der Waals surface area contributed by atoms with Crippen molar-refractivity contribution in [2.24, 2.45) is 5.16 Å². The highest BCUT2D eigenvalue weighted by atomic mass is 19.1. The minimum atomic E-state index is -0.350. The van der Waals surface area contributed by atoms with Crippen molar-refractivity contribution in [3.05, 3.63) is 101 Å². The lowest BCUT2D eigenvalue weighted by Crippen LogP contribution is -2.44. The molecule has 35 heavy (non-hydrogen) atoms. The molecule has 178 valence electrons. The molecule has 0 saturated carbocycles. The normalized spacial score (nSPS) is 13.8. The van der Waals surface area contributed by atoms with Crippen LogP contribution in [-0.4, -0.2) is 32.0 Å². The third-order valence-corrected chi connectivity index (χ3v) is 6.21. The zero-order chi connectivity index (χ0) is 24.4. The molecule has 0 atom stereocenters. The van der Waals surface area contributed by atoms with Crippen molar-refractivity contribution in [3.8, 4) is 5.75 Å². The molecule has 2 aromatic heterocycles. The summed E-state index contributed by atoms with van der Waals surface area (Å²) in [5.74, 6) is -0.872. The van der Waals surface area contributed by atoms with Crippen LogP contribution in [0.25, 0.3) is 10.9 Å². The number of benzene rings is 2. The molecule has 8 heteroatoms. The number of aromatic nitrogens is 2. The summed E-state index contributed by atoms with van der Waals surface area (Å²) in [4.78, 5) is 25.0. The van der Waals surface area contributed by atoms with E-state index < -0.39 is 0 Å². The van der Waals surface area contributed by atoms with Crippen LogP contribution < -0.4 is 5.49 Å². The Balaban J connectivity index is 1.50. The van der Waals surface area contributed by atoms with Gasteiger partial charge in [-0.25, -0.2) is 4.39 Å². The number of aromatic hydroxyl groups is 1. The molecule has 1 aliphatic rings. The van der Waals surface area contributed by atoms with Crippen molar-refractivity contribution >= 4 is 16.8 Å². The van der Waals surface area contributed by atoms with E-state index in [1.165, 1.54) is 17.7 Å². The van der Waals surface area contributed by atoms with E-state index in [0.29, 0.717) is 30.5 Å². The summed E-state index contributed by atoms with van der Waals surface area (Å²) in [5.41, 5.74) is 3.85. The van der Waals surface area contributed by atoms with Gasteiger partial charge >= 0.3 is 0 Å². The van der Waals surface area contributed by atoms with Crippen LogP contribution in [0, 0.1) is 5.82 Å². The van der Waals surface area contributed by atoms with Crippen LogP contribution in [0.4, 0.5) is 4.39 Å². The maximum atomic E-state index is 13.4. The van der Waals surface area contributed by atoms with Crippen molar-refractivity contribution < 1.29 is 19.1 Å². The van der Waals surface area contributed by atoms with Crippen molar-refractivity contribution in [2.75, 3.05) is 6.54 Å². The van der Waals surface area contributed by atoms with Crippen LogP contribution in [-0.2, 0) is 31.0 Å². The first-order chi connectivity index (χ1) is 17.0. The Morgan fingerprint density at radius 1 is 1.03 bits per heavy atom. The summed E-state index contributed by atoms with van der Waals surface area (Å²) in [6.45, 7) is 3.49. The minimum absolute atomic E-state index is 0.110. The lowest BCUT2D eigenvalue weighted by atomic mass is 10.1. The smallest absolute Gasteiger partial charge is 0.274 e. The predicted octanol–water partition coefficient (Wildman–Crippen LogP) is 4.13. The van der Waals surface area contributed by atoms with Gasteiger partial charge in [-0.1, -0.05) is 48.5 Å².